The Morgan fingerprint density at radius 3 is 2.71 bits per heavy atom. The normalized spacial score (nSPS) is 32.9. The molecule has 1 aliphatic rings. The number of rotatable bonds is 2. The molecule has 0 aliphatic heterocycles. The summed E-state index contributed by atoms with van der Waals surface area (Å²) in [6, 6.07) is -0.477. The van der Waals surface area contributed by atoms with E-state index >= 15 is 0 Å². The third-order valence-electron chi connectivity index (χ3n) is 2.29. The molecule has 0 radical (unpaired) electrons. The highest BCUT2D eigenvalue weighted by molar-refractivity contribution is 7.83. The van der Waals surface area contributed by atoms with Gasteiger partial charge in [-0.15, -0.1) is 0 Å². The van der Waals surface area contributed by atoms with Crippen LogP contribution in [0.25, 0.3) is 0 Å². The number of nitrogens with one attached hydrogen (secondary N) is 1. The molecule has 0 aromatic heterocycles. The van der Waals surface area contributed by atoms with Crippen LogP contribution in [0.2, 0.25) is 0 Å². The second-order valence-electron chi connectivity index (χ2n) is 3.61. The van der Waals surface area contributed by atoms with E-state index in [9.17, 15) is 8.42 Å². The van der Waals surface area contributed by atoms with Gasteiger partial charge in [-0.3, -0.25) is 4.55 Å². The molecule has 4 N–H and O–H groups in total. The third kappa shape index (κ3) is 2.42. The van der Waals surface area contributed by atoms with Crippen molar-refractivity contribution in [2.75, 3.05) is 0 Å². The fourth-order valence-electron chi connectivity index (χ4n) is 1.46. The Morgan fingerprint density at radius 2 is 2.21 bits per heavy atom. The molecule has 0 fully saturated rings. The van der Waals surface area contributed by atoms with E-state index in [4.69, 9.17) is 10.3 Å². The van der Waals surface area contributed by atoms with Gasteiger partial charge in [0.15, 0.2) is 0 Å². The zero-order valence-corrected chi connectivity index (χ0v) is 8.88. The average molecular weight is 218 g/mol. The predicted molar refractivity (Wildman–Crippen MR) is 54.0 cm³/mol. The highest BCUT2D eigenvalue weighted by Gasteiger charge is 2.35. The van der Waals surface area contributed by atoms with E-state index in [2.05, 4.69) is 4.72 Å². The van der Waals surface area contributed by atoms with Crippen LogP contribution in [0.4, 0.5) is 0 Å². The number of allylic oxidation sites excluding steroid dienone is 2. The maximum absolute atomic E-state index is 10.7. The first-order valence-electron chi connectivity index (χ1n) is 4.12. The fourth-order valence-corrected chi connectivity index (χ4v) is 2.21. The fraction of sp³-hybridized carbons (Fsp3) is 0.500. The molecule has 0 aromatic carbocycles. The number of nitrogens with two attached hydrogens (primary N) is 1. The summed E-state index contributed by atoms with van der Waals surface area (Å²) < 4.78 is 32.2. The SMILES string of the molecule is CC1=CC=CC(C)(NS(=O)(=O)O)C1N. The first-order valence-corrected chi connectivity index (χ1v) is 5.56. The second kappa shape index (κ2) is 3.47. The van der Waals surface area contributed by atoms with Crippen LogP contribution in [0.1, 0.15) is 13.8 Å². The minimum atomic E-state index is -4.25. The third-order valence-corrected chi connectivity index (χ3v) is 2.98. The van der Waals surface area contributed by atoms with Gasteiger partial charge in [-0.05, 0) is 13.8 Å². The Hall–Kier alpha value is -0.690. The van der Waals surface area contributed by atoms with Crippen molar-refractivity contribution in [3.8, 4) is 0 Å². The van der Waals surface area contributed by atoms with Crippen molar-refractivity contribution < 1.29 is 13.0 Å². The lowest BCUT2D eigenvalue weighted by Crippen LogP contribution is -2.57. The molecule has 0 bridgehead atoms. The lowest BCUT2D eigenvalue weighted by atomic mass is 9.85. The van der Waals surface area contributed by atoms with Gasteiger partial charge in [0.2, 0.25) is 0 Å². The summed E-state index contributed by atoms with van der Waals surface area (Å²) in [5.74, 6) is 0. The summed E-state index contributed by atoms with van der Waals surface area (Å²) in [7, 11) is -4.25. The van der Waals surface area contributed by atoms with E-state index in [0.29, 0.717) is 0 Å². The topological polar surface area (TPSA) is 92.4 Å². The number of hydrogen-bond acceptors (Lipinski definition) is 3. The molecule has 0 aromatic rings. The molecule has 0 amide bonds. The average Bonchev–Trinajstić information content (AvgIpc) is 1.97. The van der Waals surface area contributed by atoms with E-state index in [1.165, 1.54) is 0 Å². The molecule has 5 nitrogen and oxygen atoms in total. The highest BCUT2D eigenvalue weighted by atomic mass is 32.2. The van der Waals surface area contributed by atoms with Gasteiger partial charge in [-0.1, -0.05) is 23.8 Å². The van der Waals surface area contributed by atoms with Crippen LogP contribution in [0.15, 0.2) is 23.8 Å². The molecule has 6 heteroatoms. The summed E-state index contributed by atoms with van der Waals surface area (Å²) >= 11 is 0. The van der Waals surface area contributed by atoms with Crippen LogP contribution in [-0.2, 0) is 10.3 Å². The molecule has 2 atom stereocenters. The Kier molecular flexibility index (Phi) is 2.82. The van der Waals surface area contributed by atoms with Crippen molar-refractivity contribution in [2.24, 2.45) is 5.73 Å². The van der Waals surface area contributed by atoms with Gasteiger partial charge in [0.05, 0.1) is 5.54 Å². The lowest BCUT2D eigenvalue weighted by molar-refractivity contribution is 0.400. The van der Waals surface area contributed by atoms with Gasteiger partial charge in [0.1, 0.15) is 0 Å². The predicted octanol–water partition coefficient (Wildman–Crippen LogP) is -0.0191. The zero-order chi connectivity index (χ0) is 11.0. The van der Waals surface area contributed by atoms with E-state index in [1.54, 1.807) is 32.1 Å². The van der Waals surface area contributed by atoms with Crippen molar-refractivity contribution in [2.45, 2.75) is 25.4 Å². The van der Waals surface area contributed by atoms with Crippen molar-refractivity contribution in [1.29, 1.82) is 0 Å². The van der Waals surface area contributed by atoms with Crippen molar-refractivity contribution in [3.05, 3.63) is 23.8 Å². The molecule has 0 spiro atoms. The lowest BCUT2D eigenvalue weighted by Gasteiger charge is -2.34. The van der Waals surface area contributed by atoms with Crippen molar-refractivity contribution in [3.63, 3.8) is 0 Å². The first-order chi connectivity index (χ1) is 6.25. The standard InChI is InChI=1S/C8H14N2O3S/c1-6-4-3-5-8(2,7(6)9)10-14(11,12)13/h3-5,7,10H,9H2,1-2H3,(H,11,12,13). The highest BCUT2D eigenvalue weighted by Crippen LogP contribution is 2.21. The van der Waals surface area contributed by atoms with Gasteiger partial charge in [-0.25, -0.2) is 0 Å². The van der Waals surface area contributed by atoms with Crippen LogP contribution in [-0.4, -0.2) is 24.6 Å². The molecule has 2 unspecified atom stereocenters. The van der Waals surface area contributed by atoms with Gasteiger partial charge >= 0.3 is 10.3 Å². The molecular weight excluding hydrogens is 204 g/mol. The molecule has 14 heavy (non-hydrogen) atoms. The Bertz CT molecular complexity index is 385. The molecule has 0 saturated heterocycles. The summed E-state index contributed by atoms with van der Waals surface area (Å²) in [6.45, 7) is 3.41. The van der Waals surface area contributed by atoms with Crippen LogP contribution in [0.3, 0.4) is 0 Å². The van der Waals surface area contributed by atoms with Gasteiger partial charge in [-0.2, -0.15) is 13.1 Å². The van der Waals surface area contributed by atoms with Crippen LogP contribution in [0, 0.1) is 0 Å². The smallest absolute Gasteiger partial charge is 0.322 e. The molecule has 1 aliphatic carbocycles. The van der Waals surface area contributed by atoms with E-state index in [0.717, 1.165) is 5.57 Å². The summed E-state index contributed by atoms with van der Waals surface area (Å²) in [6.07, 6.45) is 5.12. The van der Waals surface area contributed by atoms with Crippen molar-refractivity contribution in [1.82, 2.24) is 4.72 Å². The molecule has 80 valence electrons. The summed E-state index contributed by atoms with van der Waals surface area (Å²) in [4.78, 5) is 0. The van der Waals surface area contributed by atoms with Gasteiger partial charge in [0, 0.05) is 6.04 Å². The van der Waals surface area contributed by atoms with E-state index < -0.39 is 21.9 Å². The van der Waals surface area contributed by atoms with Crippen molar-refractivity contribution >= 4 is 10.3 Å². The summed E-state index contributed by atoms with van der Waals surface area (Å²) in [5, 5.41) is 0. The maximum atomic E-state index is 10.7. The zero-order valence-electron chi connectivity index (χ0n) is 8.06. The molecule has 0 heterocycles. The maximum Gasteiger partial charge on any atom is 0.334 e. The Labute approximate surface area is 83.6 Å². The molecule has 0 saturated carbocycles. The van der Waals surface area contributed by atoms with Gasteiger partial charge < -0.3 is 5.73 Å². The number of hydrogen-bond donors (Lipinski definition) is 3. The Morgan fingerprint density at radius 1 is 1.64 bits per heavy atom. The van der Waals surface area contributed by atoms with E-state index in [-0.39, 0.29) is 0 Å². The minimum Gasteiger partial charge on any atom is -0.322 e. The quantitative estimate of drug-likeness (QED) is 0.568. The Balaban J connectivity index is 2.97. The summed E-state index contributed by atoms with van der Waals surface area (Å²) in [5.41, 5.74) is 5.69. The monoisotopic (exact) mass is 218 g/mol. The van der Waals surface area contributed by atoms with E-state index in [1.807, 2.05) is 0 Å². The van der Waals surface area contributed by atoms with Gasteiger partial charge in [0.25, 0.3) is 0 Å². The molecular formula is C8H14N2O3S. The second-order valence-corrected chi connectivity index (χ2v) is 4.76. The minimum absolute atomic E-state index is 0.477. The largest absolute Gasteiger partial charge is 0.334 e. The van der Waals surface area contributed by atoms with Crippen LogP contribution >= 0.6 is 0 Å². The first kappa shape index (κ1) is 11.4. The van der Waals surface area contributed by atoms with Crippen LogP contribution < -0.4 is 10.5 Å². The molecule has 1 rings (SSSR count). The van der Waals surface area contributed by atoms with Crippen LogP contribution in [0.5, 0.6) is 0 Å².